The number of phenols is 1. The molecule has 90 valence electrons. The summed E-state index contributed by atoms with van der Waals surface area (Å²) in [5.41, 5.74) is 1.76. The number of ether oxygens (including phenoxy) is 2. The largest absolute Gasteiger partial charge is 0.508 e. The lowest BCUT2D eigenvalue weighted by molar-refractivity contribution is -0.146. The van der Waals surface area contributed by atoms with Crippen LogP contribution in [0, 0.1) is 0 Å². The van der Waals surface area contributed by atoms with Gasteiger partial charge in [-0.1, -0.05) is 0 Å². The Hall–Kier alpha value is -2.01. The Labute approximate surface area is 98.0 Å². The van der Waals surface area contributed by atoms with Gasteiger partial charge in [0.05, 0.1) is 13.7 Å². The summed E-state index contributed by atoms with van der Waals surface area (Å²) in [7, 11) is 1.32. The molecule has 0 aliphatic rings. The maximum Gasteiger partial charge on any atom is 0.331 e. The molecule has 0 aliphatic carbocycles. The number of benzene rings is 1. The molecule has 0 saturated carbocycles. The van der Waals surface area contributed by atoms with Crippen molar-refractivity contribution in [1.82, 2.24) is 4.98 Å². The normalized spacial score (nSPS) is 10.6. The molecule has 0 aliphatic heterocycles. The first-order chi connectivity index (χ1) is 8.19. The van der Waals surface area contributed by atoms with Gasteiger partial charge in [-0.05, 0) is 24.3 Å². The minimum absolute atomic E-state index is 0.0723. The predicted molar refractivity (Wildman–Crippen MR) is 61.6 cm³/mol. The average Bonchev–Trinajstić information content (AvgIpc) is 2.70. The van der Waals surface area contributed by atoms with Crippen molar-refractivity contribution in [3.05, 3.63) is 30.0 Å². The van der Waals surface area contributed by atoms with Crippen molar-refractivity contribution >= 4 is 16.9 Å². The quantitative estimate of drug-likeness (QED) is 0.789. The Balaban J connectivity index is 2.02. The number of H-pyrrole nitrogens is 1. The lowest BCUT2D eigenvalue weighted by Gasteiger charge is -2.00. The van der Waals surface area contributed by atoms with Gasteiger partial charge in [0.1, 0.15) is 12.4 Å². The van der Waals surface area contributed by atoms with Crippen LogP contribution < -0.4 is 0 Å². The predicted octanol–water partition coefficient (Wildman–Crippen LogP) is 1.56. The third-order valence-electron chi connectivity index (χ3n) is 2.37. The fraction of sp³-hybridized carbons (Fsp3) is 0.250. The van der Waals surface area contributed by atoms with Crippen LogP contribution in [0.15, 0.2) is 24.3 Å². The molecule has 2 N–H and O–H groups in total. The smallest absolute Gasteiger partial charge is 0.331 e. The highest BCUT2D eigenvalue weighted by Gasteiger charge is 2.04. The molecule has 17 heavy (non-hydrogen) atoms. The number of rotatable bonds is 4. The number of methoxy groups -OCH3 is 1. The molecular formula is C12H13NO4. The van der Waals surface area contributed by atoms with Crippen LogP contribution >= 0.6 is 0 Å². The van der Waals surface area contributed by atoms with E-state index in [0.717, 1.165) is 16.6 Å². The molecule has 0 unspecified atom stereocenters. The van der Waals surface area contributed by atoms with Crippen molar-refractivity contribution < 1.29 is 19.4 Å². The first-order valence-corrected chi connectivity index (χ1v) is 5.14. The lowest BCUT2D eigenvalue weighted by Crippen LogP contribution is -2.09. The van der Waals surface area contributed by atoms with E-state index in [2.05, 4.69) is 9.72 Å². The second-order valence-corrected chi connectivity index (χ2v) is 3.64. The summed E-state index contributed by atoms with van der Waals surface area (Å²) in [6, 6.07) is 6.92. The summed E-state index contributed by atoms with van der Waals surface area (Å²) in [6.45, 7) is 0.224. The van der Waals surface area contributed by atoms with Crippen molar-refractivity contribution in [2.45, 2.75) is 6.61 Å². The molecule has 0 amide bonds. The van der Waals surface area contributed by atoms with Gasteiger partial charge in [-0.15, -0.1) is 0 Å². The Morgan fingerprint density at radius 3 is 3.00 bits per heavy atom. The number of aromatic nitrogens is 1. The Morgan fingerprint density at radius 2 is 2.24 bits per heavy atom. The fourth-order valence-corrected chi connectivity index (χ4v) is 1.56. The highest BCUT2D eigenvalue weighted by atomic mass is 16.6. The SMILES string of the molecule is COC(=O)COCc1cc2cc(O)ccc2[nH]1. The van der Waals surface area contributed by atoms with Gasteiger partial charge in [0, 0.05) is 16.6 Å². The zero-order valence-electron chi connectivity index (χ0n) is 9.40. The topological polar surface area (TPSA) is 71.6 Å². The van der Waals surface area contributed by atoms with Crippen LogP contribution in [0.1, 0.15) is 5.69 Å². The summed E-state index contributed by atoms with van der Waals surface area (Å²) in [6.07, 6.45) is 0. The van der Waals surface area contributed by atoms with E-state index in [1.54, 1.807) is 18.2 Å². The third kappa shape index (κ3) is 2.76. The van der Waals surface area contributed by atoms with Crippen LogP contribution in [-0.4, -0.2) is 29.8 Å². The van der Waals surface area contributed by atoms with E-state index in [9.17, 15) is 9.90 Å². The first-order valence-electron chi connectivity index (χ1n) is 5.14. The van der Waals surface area contributed by atoms with Gasteiger partial charge in [0.15, 0.2) is 0 Å². The van der Waals surface area contributed by atoms with Crippen LogP contribution in [0.3, 0.4) is 0 Å². The fourth-order valence-electron chi connectivity index (χ4n) is 1.56. The summed E-state index contributed by atoms with van der Waals surface area (Å²) in [4.78, 5) is 14.0. The van der Waals surface area contributed by atoms with E-state index in [4.69, 9.17) is 4.74 Å². The van der Waals surface area contributed by atoms with E-state index in [0.29, 0.717) is 6.61 Å². The minimum Gasteiger partial charge on any atom is -0.508 e. The summed E-state index contributed by atoms with van der Waals surface area (Å²) < 4.78 is 9.62. The number of phenolic OH excluding ortho intramolecular Hbond substituents is 1. The number of aromatic amines is 1. The van der Waals surface area contributed by atoms with Crippen molar-refractivity contribution in [2.24, 2.45) is 0 Å². The van der Waals surface area contributed by atoms with Crippen molar-refractivity contribution in [3.8, 4) is 5.75 Å². The average molecular weight is 235 g/mol. The molecule has 2 rings (SSSR count). The van der Waals surface area contributed by atoms with Crippen LogP contribution in [0.4, 0.5) is 0 Å². The number of carbonyl (C=O) groups excluding carboxylic acids is 1. The molecule has 5 heteroatoms. The number of fused-ring (bicyclic) bond motifs is 1. The standard InChI is InChI=1S/C12H13NO4/c1-16-12(15)7-17-6-9-4-8-5-10(14)2-3-11(8)13-9/h2-5,13-14H,6-7H2,1H3. The van der Waals surface area contributed by atoms with Crippen molar-refractivity contribution in [2.75, 3.05) is 13.7 Å². The number of esters is 1. The van der Waals surface area contributed by atoms with E-state index >= 15 is 0 Å². The molecule has 1 heterocycles. The van der Waals surface area contributed by atoms with Crippen molar-refractivity contribution in [1.29, 1.82) is 0 Å². The van der Waals surface area contributed by atoms with Gasteiger partial charge in [0.25, 0.3) is 0 Å². The Kier molecular flexibility index (Phi) is 3.30. The van der Waals surface area contributed by atoms with Crippen LogP contribution in [0.25, 0.3) is 10.9 Å². The third-order valence-corrected chi connectivity index (χ3v) is 2.37. The number of hydrogen-bond donors (Lipinski definition) is 2. The number of hydrogen-bond acceptors (Lipinski definition) is 4. The van der Waals surface area contributed by atoms with Crippen LogP contribution in [0.2, 0.25) is 0 Å². The molecule has 5 nitrogen and oxygen atoms in total. The maximum atomic E-state index is 10.8. The lowest BCUT2D eigenvalue weighted by atomic mass is 10.2. The monoisotopic (exact) mass is 235 g/mol. The second kappa shape index (κ2) is 4.88. The molecule has 2 aromatic rings. The summed E-state index contributed by atoms with van der Waals surface area (Å²) in [5.74, 6) is -0.183. The summed E-state index contributed by atoms with van der Waals surface area (Å²) >= 11 is 0. The number of aromatic hydroxyl groups is 1. The van der Waals surface area contributed by atoms with E-state index in [1.807, 2.05) is 6.07 Å². The Morgan fingerprint density at radius 1 is 1.41 bits per heavy atom. The molecule has 0 atom stereocenters. The van der Waals surface area contributed by atoms with Crippen LogP contribution in [0.5, 0.6) is 5.75 Å². The van der Waals surface area contributed by atoms with Gasteiger partial charge >= 0.3 is 5.97 Å². The molecule has 0 spiro atoms. The molecule has 1 aromatic carbocycles. The van der Waals surface area contributed by atoms with Gasteiger partial charge in [-0.2, -0.15) is 0 Å². The highest BCUT2D eigenvalue weighted by Crippen LogP contribution is 2.20. The van der Waals surface area contributed by atoms with E-state index < -0.39 is 5.97 Å². The molecular weight excluding hydrogens is 222 g/mol. The second-order valence-electron chi connectivity index (χ2n) is 3.64. The Bertz CT molecular complexity index is 532. The zero-order chi connectivity index (χ0) is 12.3. The van der Waals surface area contributed by atoms with Crippen LogP contribution in [-0.2, 0) is 20.9 Å². The van der Waals surface area contributed by atoms with E-state index in [1.165, 1.54) is 7.11 Å². The number of carbonyl (C=O) groups is 1. The maximum absolute atomic E-state index is 10.8. The first kappa shape index (κ1) is 11.5. The van der Waals surface area contributed by atoms with E-state index in [-0.39, 0.29) is 12.4 Å². The minimum atomic E-state index is -0.404. The highest BCUT2D eigenvalue weighted by molar-refractivity contribution is 5.81. The zero-order valence-corrected chi connectivity index (χ0v) is 9.40. The molecule has 1 aromatic heterocycles. The molecule has 0 fully saturated rings. The van der Waals surface area contributed by atoms with Gasteiger partial charge in [-0.25, -0.2) is 4.79 Å². The molecule has 0 bridgehead atoms. The van der Waals surface area contributed by atoms with Crippen molar-refractivity contribution in [3.63, 3.8) is 0 Å². The van der Waals surface area contributed by atoms with Gasteiger partial charge in [-0.3, -0.25) is 0 Å². The molecule has 0 saturated heterocycles. The van der Waals surface area contributed by atoms with Gasteiger partial charge in [0.2, 0.25) is 0 Å². The van der Waals surface area contributed by atoms with Gasteiger partial charge < -0.3 is 19.6 Å². The summed E-state index contributed by atoms with van der Waals surface area (Å²) in [5, 5.41) is 10.2. The molecule has 0 radical (unpaired) electrons. The number of nitrogens with one attached hydrogen (secondary N) is 1.